The molecule has 6 nitrogen and oxygen atoms in total. The van der Waals surface area contributed by atoms with Crippen LogP contribution < -0.4 is 20.5 Å². The number of hydrogen-bond acceptors (Lipinski definition) is 4. The van der Waals surface area contributed by atoms with E-state index in [1.807, 2.05) is 6.92 Å². The average Bonchev–Trinajstić information content (AvgIpc) is 2.71. The predicted molar refractivity (Wildman–Crippen MR) is 107 cm³/mol. The topological polar surface area (TPSA) is 90.7 Å². The van der Waals surface area contributed by atoms with Crippen molar-refractivity contribution in [2.45, 2.75) is 38.6 Å². The largest absolute Gasteiger partial charge is 0.497 e. The molecular weight excluding hydrogens is 356 g/mol. The van der Waals surface area contributed by atoms with Gasteiger partial charge >= 0.3 is 0 Å². The van der Waals surface area contributed by atoms with Crippen molar-refractivity contribution in [1.82, 2.24) is 5.32 Å². The molecule has 6 heteroatoms. The molecule has 0 saturated heterocycles. The highest BCUT2D eigenvalue weighted by molar-refractivity contribution is 5.96. The number of rotatable bonds is 7. The van der Waals surface area contributed by atoms with Gasteiger partial charge in [-0.3, -0.25) is 9.59 Å². The molecule has 1 atom stereocenters. The van der Waals surface area contributed by atoms with E-state index in [4.69, 9.17) is 15.2 Å². The number of carbonyl (C=O) groups is 2. The van der Waals surface area contributed by atoms with Crippen molar-refractivity contribution in [3.8, 4) is 11.5 Å². The summed E-state index contributed by atoms with van der Waals surface area (Å²) in [5.41, 5.74) is 9.44. The van der Waals surface area contributed by atoms with Gasteiger partial charge in [-0.1, -0.05) is 18.2 Å². The molecule has 0 fully saturated rings. The first-order chi connectivity index (χ1) is 13.5. The highest BCUT2D eigenvalue weighted by Crippen LogP contribution is 2.26. The molecule has 0 radical (unpaired) electrons. The normalized spacial score (nSPS) is 13.9. The number of carbonyl (C=O) groups excluding carboxylic acids is 2. The van der Waals surface area contributed by atoms with Gasteiger partial charge in [0.2, 0.25) is 0 Å². The number of amides is 2. The first-order valence-electron chi connectivity index (χ1n) is 9.49. The van der Waals surface area contributed by atoms with Crippen molar-refractivity contribution in [1.29, 1.82) is 0 Å². The third-order valence-corrected chi connectivity index (χ3v) is 5.06. The van der Waals surface area contributed by atoms with Crippen LogP contribution in [0.3, 0.4) is 0 Å². The molecule has 0 spiro atoms. The Morgan fingerprint density at radius 3 is 2.57 bits per heavy atom. The zero-order valence-electron chi connectivity index (χ0n) is 16.3. The third-order valence-electron chi connectivity index (χ3n) is 5.06. The standard InChI is InChI=1S/C22H26N2O4/c1-14(16-8-7-15-5-3-4-6-17(15)11-16)24-21(25)13-28-20-12-18(27-2)9-10-19(20)22(23)26/h7-12,14H,3-6,13H2,1-2H3,(H2,23,26)(H,24,25)/t14-/m1/s1. The van der Waals surface area contributed by atoms with Crippen LogP contribution in [0.25, 0.3) is 0 Å². The summed E-state index contributed by atoms with van der Waals surface area (Å²) < 4.78 is 10.7. The third kappa shape index (κ3) is 4.63. The van der Waals surface area contributed by atoms with Gasteiger partial charge < -0.3 is 20.5 Å². The summed E-state index contributed by atoms with van der Waals surface area (Å²) >= 11 is 0. The van der Waals surface area contributed by atoms with Crippen molar-refractivity contribution >= 4 is 11.8 Å². The van der Waals surface area contributed by atoms with Crippen LogP contribution in [0.15, 0.2) is 36.4 Å². The summed E-state index contributed by atoms with van der Waals surface area (Å²) in [4.78, 5) is 23.9. The second kappa shape index (κ2) is 8.78. The summed E-state index contributed by atoms with van der Waals surface area (Å²) in [6, 6.07) is 11.0. The molecular formula is C22H26N2O4. The van der Waals surface area contributed by atoms with Gasteiger partial charge in [0.05, 0.1) is 18.7 Å². The van der Waals surface area contributed by atoms with Crippen LogP contribution in [0.2, 0.25) is 0 Å². The van der Waals surface area contributed by atoms with E-state index in [1.54, 1.807) is 12.1 Å². The maximum Gasteiger partial charge on any atom is 0.258 e. The minimum Gasteiger partial charge on any atom is -0.497 e. The molecule has 1 aliphatic carbocycles. The Labute approximate surface area is 165 Å². The van der Waals surface area contributed by atoms with Crippen LogP contribution in [0.5, 0.6) is 11.5 Å². The van der Waals surface area contributed by atoms with E-state index < -0.39 is 5.91 Å². The summed E-state index contributed by atoms with van der Waals surface area (Å²) in [6.07, 6.45) is 4.69. The fourth-order valence-corrected chi connectivity index (χ4v) is 3.49. The maximum absolute atomic E-state index is 12.3. The molecule has 2 aromatic carbocycles. The van der Waals surface area contributed by atoms with Crippen LogP contribution in [0.4, 0.5) is 0 Å². The van der Waals surface area contributed by atoms with E-state index in [9.17, 15) is 9.59 Å². The number of hydrogen-bond donors (Lipinski definition) is 2. The van der Waals surface area contributed by atoms with Crippen LogP contribution >= 0.6 is 0 Å². The fraction of sp³-hybridized carbons (Fsp3) is 0.364. The van der Waals surface area contributed by atoms with Crippen molar-refractivity contribution in [3.63, 3.8) is 0 Å². The lowest BCUT2D eigenvalue weighted by Crippen LogP contribution is -2.31. The summed E-state index contributed by atoms with van der Waals surface area (Å²) in [5, 5.41) is 2.94. The van der Waals surface area contributed by atoms with Gasteiger partial charge in [-0.15, -0.1) is 0 Å². The van der Waals surface area contributed by atoms with Gasteiger partial charge in [0.1, 0.15) is 11.5 Å². The molecule has 0 saturated carbocycles. The van der Waals surface area contributed by atoms with Crippen LogP contribution in [-0.2, 0) is 17.6 Å². The second-order valence-electron chi connectivity index (χ2n) is 7.04. The van der Waals surface area contributed by atoms with Crippen LogP contribution in [0, 0.1) is 0 Å². The zero-order valence-corrected chi connectivity index (χ0v) is 16.3. The lowest BCUT2D eigenvalue weighted by atomic mass is 9.89. The molecule has 2 aromatic rings. The molecule has 28 heavy (non-hydrogen) atoms. The number of nitrogens with two attached hydrogens (primary N) is 1. The molecule has 1 aliphatic rings. The van der Waals surface area contributed by atoms with E-state index in [2.05, 4.69) is 23.5 Å². The molecule has 0 bridgehead atoms. The van der Waals surface area contributed by atoms with Crippen molar-refractivity contribution in [2.75, 3.05) is 13.7 Å². The van der Waals surface area contributed by atoms with Gasteiger partial charge in [-0.25, -0.2) is 0 Å². The predicted octanol–water partition coefficient (Wildman–Crippen LogP) is 2.93. The van der Waals surface area contributed by atoms with E-state index in [-0.39, 0.29) is 29.9 Å². The number of aryl methyl sites for hydroxylation is 2. The molecule has 0 heterocycles. The van der Waals surface area contributed by atoms with E-state index in [0.29, 0.717) is 5.75 Å². The lowest BCUT2D eigenvalue weighted by Gasteiger charge is -2.20. The number of fused-ring (bicyclic) bond motifs is 1. The molecule has 2 amide bonds. The number of ether oxygens (including phenoxy) is 2. The van der Waals surface area contributed by atoms with Gasteiger partial charge in [0.25, 0.3) is 11.8 Å². The van der Waals surface area contributed by atoms with Crippen LogP contribution in [-0.4, -0.2) is 25.5 Å². The zero-order chi connectivity index (χ0) is 20.1. The van der Waals surface area contributed by atoms with Crippen molar-refractivity contribution in [2.24, 2.45) is 5.73 Å². The summed E-state index contributed by atoms with van der Waals surface area (Å²) in [6.45, 7) is 1.73. The smallest absolute Gasteiger partial charge is 0.258 e. The second-order valence-corrected chi connectivity index (χ2v) is 7.04. The summed E-state index contributed by atoms with van der Waals surface area (Å²) in [7, 11) is 1.51. The Morgan fingerprint density at radius 2 is 1.86 bits per heavy atom. The molecule has 0 unspecified atom stereocenters. The Bertz CT molecular complexity index is 879. The quantitative estimate of drug-likeness (QED) is 0.770. The number of methoxy groups -OCH3 is 1. The average molecular weight is 382 g/mol. The first-order valence-corrected chi connectivity index (χ1v) is 9.49. The number of benzene rings is 2. The van der Waals surface area contributed by atoms with Gasteiger partial charge in [0, 0.05) is 6.07 Å². The highest BCUT2D eigenvalue weighted by Gasteiger charge is 2.16. The number of nitrogens with one attached hydrogen (secondary N) is 1. The Hall–Kier alpha value is -3.02. The molecule has 0 aliphatic heterocycles. The molecule has 3 rings (SSSR count). The fourth-order valence-electron chi connectivity index (χ4n) is 3.49. The van der Waals surface area contributed by atoms with Gasteiger partial charge in [0.15, 0.2) is 6.61 Å². The maximum atomic E-state index is 12.3. The number of primary amides is 1. The van der Waals surface area contributed by atoms with Crippen LogP contribution in [0.1, 0.15) is 52.9 Å². The van der Waals surface area contributed by atoms with E-state index in [1.165, 1.54) is 37.1 Å². The monoisotopic (exact) mass is 382 g/mol. The van der Waals surface area contributed by atoms with Crippen molar-refractivity contribution < 1.29 is 19.1 Å². The highest BCUT2D eigenvalue weighted by atomic mass is 16.5. The first kappa shape index (κ1) is 19.7. The summed E-state index contributed by atoms with van der Waals surface area (Å²) in [5.74, 6) is -0.157. The Kier molecular flexibility index (Phi) is 6.19. The lowest BCUT2D eigenvalue weighted by molar-refractivity contribution is -0.123. The molecule has 148 valence electrons. The van der Waals surface area contributed by atoms with Gasteiger partial charge in [-0.05, 0) is 61.4 Å². The Balaban J connectivity index is 1.62. The minimum absolute atomic E-state index is 0.135. The molecule has 0 aromatic heterocycles. The Morgan fingerprint density at radius 1 is 1.11 bits per heavy atom. The van der Waals surface area contributed by atoms with Crippen molar-refractivity contribution in [3.05, 3.63) is 58.7 Å². The SMILES string of the molecule is COc1ccc(C(N)=O)c(OCC(=O)N[C@H](C)c2ccc3c(c2)CCCC3)c1. The van der Waals surface area contributed by atoms with Gasteiger partial charge in [-0.2, -0.15) is 0 Å². The van der Waals surface area contributed by atoms with E-state index >= 15 is 0 Å². The minimum atomic E-state index is -0.625. The molecule has 3 N–H and O–H groups in total. The van der Waals surface area contributed by atoms with E-state index in [0.717, 1.165) is 18.4 Å².